The largest absolute Gasteiger partial charge is 0.361 e. The van der Waals surface area contributed by atoms with Crippen molar-refractivity contribution in [3.8, 4) is 11.1 Å². The topological polar surface area (TPSA) is 44.5 Å². The molecule has 0 saturated carbocycles. The van der Waals surface area contributed by atoms with Crippen LogP contribution in [0.2, 0.25) is 0 Å². The molecule has 0 bridgehead atoms. The molecular formula is C23H15N3. The maximum absolute atomic E-state index is 4.90. The van der Waals surface area contributed by atoms with Gasteiger partial charge in [-0.2, -0.15) is 0 Å². The van der Waals surface area contributed by atoms with E-state index in [-0.39, 0.29) is 0 Å². The van der Waals surface area contributed by atoms with E-state index in [1.54, 1.807) is 0 Å². The highest BCUT2D eigenvalue weighted by Crippen LogP contribution is 2.41. The van der Waals surface area contributed by atoms with Crippen molar-refractivity contribution >= 4 is 43.7 Å². The predicted octanol–water partition coefficient (Wildman–Crippen LogP) is 6.02. The molecule has 3 nitrogen and oxygen atoms in total. The first-order valence-electron chi connectivity index (χ1n) is 8.76. The SMILES string of the molecule is c1ccc2c(-c3c[nH]c4ccccc34)c3c(nc2c1)[nH]c1ccccc13. The van der Waals surface area contributed by atoms with Gasteiger partial charge in [-0.05, 0) is 18.2 Å². The summed E-state index contributed by atoms with van der Waals surface area (Å²) in [6.45, 7) is 0. The lowest BCUT2D eigenvalue weighted by molar-refractivity contribution is 1.40. The maximum Gasteiger partial charge on any atom is 0.139 e. The van der Waals surface area contributed by atoms with Crippen LogP contribution in [0.4, 0.5) is 0 Å². The first kappa shape index (κ1) is 13.7. The van der Waals surface area contributed by atoms with E-state index in [1.807, 2.05) is 6.07 Å². The van der Waals surface area contributed by atoms with Crippen LogP contribution in [0.1, 0.15) is 0 Å². The zero-order chi connectivity index (χ0) is 17.1. The molecule has 0 atom stereocenters. The third-order valence-corrected chi connectivity index (χ3v) is 5.20. The summed E-state index contributed by atoms with van der Waals surface area (Å²) >= 11 is 0. The van der Waals surface area contributed by atoms with E-state index in [0.29, 0.717) is 0 Å². The summed E-state index contributed by atoms with van der Waals surface area (Å²) in [5.41, 5.74) is 6.66. The van der Waals surface area contributed by atoms with Gasteiger partial charge in [0.2, 0.25) is 0 Å². The minimum atomic E-state index is 0.935. The van der Waals surface area contributed by atoms with Gasteiger partial charge in [0.15, 0.2) is 0 Å². The van der Waals surface area contributed by atoms with Crippen molar-refractivity contribution in [3.05, 3.63) is 79.0 Å². The molecule has 0 unspecified atom stereocenters. The van der Waals surface area contributed by atoms with Gasteiger partial charge in [0.1, 0.15) is 5.65 Å². The van der Waals surface area contributed by atoms with Crippen LogP contribution in [0.3, 0.4) is 0 Å². The first-order chi connectivity index (χ1) is 12.9. The van der Waals surface area contributed by atoms with Crippen molar-refractivity contribution in [3.63, 3.8) is 0 Å². The Kier molecular flexibility index (Phi) is 2.61. The van der Waals surface area contributed by atoms with Crippen LogP contribution in [-0.2, 0) is 0 Å². The second-order valence-corrected chi connectivity index (χ2v) is 6.65. The highest BCUT2D eigenvalue weighted by Gasteiger charge is 2.17. The number of para-hydroxylation sites is 3. The number of benzene rings is 3. The number of hydrogen-bond donors (Lipinski definition) is 2. The fraction of sp³-hybridized carbons (Fsp3) is 0. The molecule has 0 aliphatic carbocycles. The Morgan fingerprint density at radius 1 is 0.654 bits per heavy atom. The molecule has 0 spiro atoms. The maximum atomic E-state index is 4.90. The van der Waals surface area contributed by atoms with E-state index in [1.165, 1.54) is 32.7 Å². The molecule has 3 aromatic heterocycles. The molecule has 3 heteroatoms. The van der Waals surface area contributed by atoms with E-state index in [0.717, 1.165) is 22.2 Å². The smallest absolute Gasteiger partial charge is 0.139 e. The highest BCUT2D eigenvalue weighted by atomic mass is 14.9. The molecule has 122 valence electrons. The molecule has 0 saturated heterocycles. The van der Waals surface area contributed by atoms with Crippen LogP contribution in [0.15, 0.2) is 79.0 Å². The van der Waals surface area contributed by atoms with Gasteiger partial charge < -0.3 is 9.97 Å². The average Bonchev–Trinajstić information content (AvgIpc) is 3.27. The number of aromatic nitrogens is 3. The van der Waals surface area contributed by atoms with Gasteiger partial charge in [-0.1, -0.05) is 54.6 Å². The van der Waals surface area contributed by atoms with Gasteiger partial charge in [-0.25, -0.2) is 4.98 Å². The second kappa shape index (κ2) is 4.96. The lowest BCUT2D eigenvalue weighted by Gasteiger charge is -2.08. The summed E-state index contributed by atoms with van der Waals surface area (Å²) in [6, 6.07) is 25.3. The van der Waals surface area contributed by atoms with Crippen LogP contribution in [0.25, 0.3) is 54.9 Å². The quantitative estimate of drug-likeness (QED) is 0.380. The third-order valence-electron chi connectivity index (χ3n) is 5.20. The Balaban J connectivity index is 1.91. The normalized spacial score (nSPS) is 11.8. The Morgan fingerprint density at radius 2 is 1.35 bits per heavy atom. The molecule has 3 heterocycles. The summed E-state index contributed by atoms with van der Waals surface area (Å²) < 4.78 is 0. The zero-order valence-corrected chi connectivity index (χ0v) is 14.0. The van der Waals surface area contributed by atoms with Crippen molar-refractivity contribution in [2.75, 3.05) is 0 Å². The third kappa shape index (κ3) is 1.74. The number of nitrogens with zero attached hydrogens (tertiary/aromatic N) is 1. The fourth-order valence-electron chi connectivity index (χ4n) is 4.06. The molecule has 26 heavy (non-hydrogen) atoms. The summed E-state index contributed by atoms with van der Waals surface area (Å²) in [7, 11) is 0. The minimum Gasteiger partial charge on any atom is -0.361 e. The molecule has 6 rings (SSSR count). The molecule has 0 aliphatic heterocycles. The number of pyridine rings is 1. The Morgan fingerprint density at radius 3 is 2.23 bits per heavy atom. The van der Waals surface area contributed by atoms with Gasteiger partial charge in [0.05, 0.1) is 5.52 Å². The van der Waals surface area contributed by atoms with Gasteiger partial charge in [-0.3, -0.25) is 0 Å². The number of hydrogen-bond acceptors (Lipinski definition) is 1. The van der Waals surface area contributed by atoms with Crippen LogP contribution in [0, 0.1) is 0 Å². The summed E-state index contributed by atoms with van der Waals surface area (Å²) in [4.78, 5) is 11.8. The van der Waals surface area contributed by atoms with E-state index in [4.69, 9.17) is 4.98 Å². The second-order valence-electron chi connectivity index (χ2n) is 6.65. The van der Waals surface area contributed by atoms with E-state index in [2.05, 4.69) is 82.9 Å². The molecule has 0 amide bonds. The highest BCUT2D eigenvalue weighted by molar-refractivity contribution is 6.22. The zero-order valence-electron chi connectivity index (χ0n) is 14.0. The molecule has 0 fully saturated rings. The minimum absolute atomic E-state index is 0.935. The first-order valence-corrected chi connectivity index (χ1v) is 8.76. The van der Waals surface area contributed by atoms with E-state index in [9.17, 15) is 0 Å². The molecule has 3 aromatic carbocycles. The number of H-pyrrole nitrogens is 2. The van der Waals surface area contributed by atoms with Gasteiger partial charge >= 0.3 is 0 Å². The van der Waals surface area contributed by atoms with Crippen LogP contribution in [-0.4, -0.2) is 15.0 Å². The van der Waals surface area contributed by atoms with Gasteiger partial charge in [0, 0.05) is 49.9 Å². The van der Waals surface area contributed by atoms with Crippen molar-refractivity contribution in [1.29, 1.82) is 0 Å². The summed E-state index contributed by atoms with van der Waals surface area (Å²) in [5.74, 6) is 0. The van der Waals surface area contributed by atoms with Crippen LogP contribution in [0.5, 0.6) is 0 Å². The fourth-order valence-corrected chi connectivity index (χ4v) is 4.06. The summed E-state index contributed by atoms with van der Waals surface area (Å²) in [6.07, 6.45) is 2.12. The number of aromatic amines is 2. The van der Waals surface area contributed by atoms with E-state index >= 15 is 0 Å². The van der Waals surface area contributed by atoms with Crippen molar-refractivity contribution < 1.29 is 0 Å². The van der Waals surface area contributed by atoms with Crippen LogP contribution >= 0.6 is 0 Å². The van der Waals surface area contributed by atoms with Gasteiger partial charge in [0.25, 0.3) is 0 Å². The standard InChI is InChI=1S/C23H15N3/c1-4-10-18-14(7-1)17(13-24-18)21-15-8-2-5-11-19(15)25-23-22(21)16-9-3-6-12-20(16)26-23/h1-13,24H,(H,25,26). The summed E-state index contributed by atoms with van der Waals surface area (Å²) in [5, 5.41) is 4.80. The molecular weight excluding hydrogens is 318 g/mol. The Bertz CT molecular complexity index is 1440. The van der Waals surface area contributed by atoms with Crippen LogP contribution < -0.4 is 0 Å². The molecule has 2 N–H and O–H groups in total. The average molecular weight is 333 g/mol. The molecule has 6 aromatic rings. The van der Waals surface area contributed by atoms with Crippen molar-refractivity contribution in [2.45, 2.75) is 0 Å². The molecule has 0 radical (unpaired) electrons. The van der Waals surface area contributed by atoms with Gasteiger partial charge in [-0.15, -0.1) is 0 Å². The Labute approximate surface area is 149 Å². The number of fused-ring (bicyclic) bond motifs is 5. The lowest BCUT2D eigenvalue weighted by Crippen LogP contribution is -1.87. The number of rotatable bonds is 1. The number of nitrogens with one attached hydrogen (secondary N) is 2. The Hall–Kier alpha value is -3.59. The van der Waals surface area contributed by atoms with Crippen molar-refractivity contribution in [1.82, 2.24) is 15.0 Å². The lowest BCUT2D eigenvalue weighted by atomic mass is 9.96. The predicted molar refractivity (Wildman–Crippen MR) is 108 cm³/mol. The monoisotopic (exact) mass is 333 g/mol. The van der Waals surface area contributed by atoms with E-state index < -0.39 is 0 Å². The molecule has 0 aliphatic rings. The van der Waals surface area contributed by atoms with Crippen molar-refractivity contribution in [2.24, 2.45) is 0 Å².